The summed E-state index contributed by atoms with van der Waals surface area (Å²) in [6.45, 7) is 14.9. The Morgan fingerprint density at radius 1 is 0.600 bits per heavy atom. The zero-order valence-corrected chi connectivity index (χ0v) is 53.8. The summed E-state index contributed by atoms with van der Waals surface area (Å²) in [5, 5.41) is 84.9. The minimum atomic E-state index is -2.44. The van der Waals surface area contributed by atoms with Gasteiger partial charge in [0, 0.05) is 14.6 Å². The number of guanidine groups is 1. The van der Waals surface area contributed by atoms with Crippen molar-refractivity contribution in [1.29, 1.82) is 5.41 Å². The molecule has 0 heterocycles. The smallest absolute Gasteiger partial charge is 0.408 e. The van der Waals surface area contributed by atoms with Gasteiger partial charge in [-0.15, -0.1) is 0 Å². The van der Waals surface area contributed by atoms with Crippen LogP contribution in [-0.2, 0) is 59.2 Å². The Bertz CT molecular complexity index is 2730. The van der Waals surface area contributed by atoms with Gasteiger partial charge >= 0.3 is 18.2 Å². The summed E-state index contributed by atoms with van der Waals surface area (Å²) in [7, 11) is -2.44. The third kappa shape index (κ3) is 27.9. The maximum absolute atomic E-state index is 14.9. The number of nitrogens with one attached hydrogen (secondary N) is 12. The molecule has 90 heavy (non-hydrogen) atoms. The fraction of sp³-hybridized carbons (Fsp3) is 0.586. The number of rotatable bonds is 36. The van der Waals surface area contributed by atoms with Gasteiger partial charge in [0.2, 0.25) is 47.3 Å². The highest BCUT2D eigenvalue weighted by Gasteiger charge is 2.41. The van der Waals surface area contributed by atoms with Gasteiger partial charge < -0.3 is 99.2 Å². The van der Waals surface area contributed by atoms with Gasteiger partial charge in [-0.1, -0.05) is 114 Å². The second-order valence-corrected chi connectivity index (χ2v) is 29.5. The first-order chi connectivity index (χ1) is 42.0. The Kier molecular flexibility index (Phi) is 32.4. The molecule has 19 N–H and O–H groups in total. The Morgan fingerprint density at radius 3 is 1.63 bits per heavy atom. The lowest BCUT2D eigenvalue weighted by molar-refractivity contribution is -0.143. The molecule has 2 aromatic carbocycles. The Labute approximate surface area is 524 Å². The summed E-state index contributed by atoms with van der Waals surface area (Å²) < 4.78 is 11.0. The predicted molar refractivity (Wildman–Crippen MR) is 330 cm³/mol. The van der Waals surface area contributed by atoms with Crippen LogP contribution in [0.1, 0.15) is 91.8 Å². The van der Waals surface area contributed by atoms with E-state index in [0.717, 1.165) is 6.92 Å². The third-order valence-electron chi connectivity index (χ3n) is 13.5. The number of benzene rings is 2. The maximum atomic E-state index is 14.9. The van der Waals surface area contributed by atoms with E-state index in [-0.39, 0.29) is 38.5 Å². The molecule has 0 bridgehead atoms. The molecule has 0 aliphatic heterocycles. The number of hydrogen-bond acceptors (Lipinski definition) is 18. The molecule has 31 nitrogen and oxygen atoms in total. The van der Waals surface area contributed by atoms with Crippen molar-refractivity contribution in [3.05, 3.63) is 71.8 Å². The largest absolute Gasteiger partial charge is 0.480 e. The van der Waals surface area contributed by atoms with Gasteiger partial charge in [0.1, 0.15) is 60.5 Å². The topological polar surface area (TPSA) is 490 Å². The van der Waals surface area contributed by atoms with Crippen LogP contribution in [0.25, 0.3) is 0 Å². The first kappa shape index (κ1) is 77.6. The van der Waals surface area contributed by atoms with Crippen LogP contribution in [0.5, 0.6) is 0 Å². The number of aliphatic hydroxyl groups excluding tert-OH is 4. The number of hydrogen-bond donors (Lipinski definition) is 18. The Hall–Kier alpha value is -8.46. The van der Waals surface area contributed by atoms with E-state index in [0.29, 0.717) is 11.1 Å². The Morgan fingerprint density at radius 2 is 1.11 bits per heavy atom. The average Bonchev–Trinajstić information content (AvgIpc) is 1.80. The van der Waals surface area contributed by atoms with Crippen LogP contribution in [0.4, 0.5) is 9.59 Å². The van der Waals surface area contributed by atoms with E-state index in [9.17, 15) is 73.2 Å². The molecule has 0 saturated carbocycles. The van der Waals surface area contributed by atoms with Crippen LogP contribution in [0, 0.1) is 17.2 Å². The van der Waals surface area contributed by atoms with Gasteiger partial charge in [-0.2, -0.15) is 0 Å². The van der Waals surface area contributed by atoms with Crippen LogP contribution in [0.15, 0.2) is 60.7 Å². The highest BCUT2D eigenvalue weighted by molar-refractivity contribution is 6.76. The van der Waals surface area contributed by atoms with E-state index in [1.54, 1.807) is 109 Å². The van der Waals surface area contributed by atoms with Gasteiger partial charge in [-0.05, 0) is 69.5 Å². The molecule has 2 rings (SSSR count). The average molecular weight is 1290 g/mol. The highest BCUT2D eigenvalue weighted by atomic mass is 28.3. The lowest BCUT2D eigenvalue weighted by Crippen LogP contribution is -2.64. The van der Waals surface area contributed by atoms with Gasteiger partial charge in [0.05, 0.1) is 38.0 Å². The highest BCUT2D eigenvalue weighted by Crippen LogP contribution is 2.22. The Balaban J connectivity index is 2.57. The summed E-state index contributed by atoms with van der Waals surface area (Å²) in [6, 6.07) is 1.89. The molecule has 32 heteroatoms. The van der Waals surface area contributed by atoms with E-state index < -0.39 is 183 Å². The van der Waals surface area contributed by atoms with Gasteiger partial charge in [0.25, 0.3) is 0 Å². The molecule has 0 aliphatic rings. The number of carbonyl (C=O) groups is 11. The minimum absolute atomic E-state index is 0.00805. The van der Waals surface area contributed by atoms with Crippen LogP contribution in [0.3, 0.4) is 0 Å². The first-order valence-electron chi connectivity index (χ1n) is 29.3. The molecule has 0 spiro atoms. The number of aliphatic hydroxyl groups is 4. The number of aliphatic carboxylic acids is 1. The molecular formula is C58H93N13O18Si. The van der Waals surface area contributed by atoms with Gasteiger partial charge in [-0.25, -0.2) is 14.4 Å². The summed E-state index contributed by atoms with van der Waals surface area (Å²) in [4.78, 5) is 150. The normalized spacial score (nSPS) is 15.4. The van der Waals surface area contributed by atoms with Crippen molar-refractivity contribution < 1.29 is 87.7 Å². The van der Waals surface area contributed by atoms with E-state index >= 15 is 0 Å². The number of carbonyl (C=O) groups excluding carboxylic acids is 10. The van der Waals surface area contributed by atoms with E-state index in [4.69, 9.17) is 25.7 Å². The summed E-state index contributed by atoms with van der Waals surface area (Å²) >= 11 is 0. The molecule has 0 unspecified atom stereocenters. The molecule has 502 valence electrons. The lowest BCUT2D eigenvalue weighted by Gasteiger charge is -2.33. The molecular weight excluding hydrogens is 1190 g/mol. The molecule has 0 radical (unpaired) electrons. The number of alkyl carbamates (subject to hydrolysis) is 2. The van der Waals surface area contributed by atoms with Crippen molar-refractivity contribution in [2.45, 2.75) is 179 Å². The van der Waals surface area contributed by atoms with E-state index in [1.807, 2.05) is 25.0 Å². The summed E-state index contributed by atoms with van der Waals surface area (Å²) in [5.74, 6) is -11.9. The fourth-order valence-electron chi connectivity index (χ4n) is 8.51. The van der Waals surface area contributed by atoms with Crippen LogP contribution in [0.2, 0.25) is 25.7 Å². The van der Waals surface area contributed by atoms with Gasteiger partial charge in [-0.3, -0.25) is 43.8 Å². The van der Waals surface area contributed by atoms with Crippen molar-refractivity contribution >= 4 is 79.4 Å². The van der Waals surface area contributed by atoms with Crippen molar-refractivity contribution in [2.75, 3.05) is 26.3 Å². The van der Waals surface area contributed by atoms with Crippen molar-refractivity contribution in [3.8, 4) is 0 Å². The second kappa shape index (κ2) is 37.5. The zero-order valence-electron chi connectivity index (χ0n) is 52.8. The molecule has 12 atom stereocenters. The fourth-order valence-corrected chi connectivity index (χ4v) is 10.0. The van der Waals surface area contributed by atoms with E-state index in [1.165, 1.54) is 0 Å². The van der Waals surface area contributed by atoms with E-state index in [2.05, 4.69) is 53.2 Å². The predicted octanol–water partition coefficient (Wildman–Crippen LogP) is -1.83. The first-order valence-corrected chi connectivity index (χ1v) is 33.0. The number of carboxylic acids is 1. The van der Waals surface area contributed by atoms with Crippen molar-refractivity contribution in [2.24, 2.45) is 17.6 Å². The standard InChI is InChI=1S/C58H93N13O18Si/c1-12-32(4)41(51(81)68-42(33(5)74)50(80)62-26-40(75)63-37(27-72)48(78)65-38(28-73)54(84)85)67-47(77)36(24-19-25-61-55(59)60)64-49(79)39(30-90(9,10)11)66-53(83)45(46(76)31(2)3)69-52(82)44(71-56(86)88-29-34-20-15-13-16-21-34)43(35-22-17-14-18-23-35)70-57(87)89-58(6,7)8/h13-18,20-23,31-33,36-39,41-46,72-74,76H,12,19,24-30H2,1-11H3,(H,62,80)(H,63,75)(H,64,79)(H,65,78)(H,66,83)(H,67,77)(H,68,81)(H,69,82)(H,70,87)(H,71,86)(H,84,85)(H4,59,60,61)/t32-,33-,36+,37-,38-,39-,41-,42-,43+,44-,45-,46+/m0/s1. The van der Waals surface area contributed by atoms with Crippen LogP contribution >= 0.6 is 0 Å². The number of ether oxygens (including phenoxy) is 2. The lowest BCUT2D eigenvalue weighted by atomic mass is 9.95. The quantitative estimate of drug-likeness (QED) is 0.0154. The third-order valence-corrected chi connectivity index (χ3v) is 15.1. The van der Waals surface area contributed by atoms with Crippen molar-refractivity contribution in [3.63, 3.8) is 0 Å². The zero-order chi connectivity index (χ0) is 68.2. The molecule has 0 fully saturated rings. The molecule has 10 amide bonds. The number of carboxylic acid groups (broad SMARTS) is 1. The molecule has 0 aromatic heterocycles. The van der Waals surface area contributed by atoms with Crippen molar-refractivity contribution in [1.82, 2.24) is 58.5 Å². The van der Waals surface area contributed by atoms with Crippen LogP contribution in [-0.4, -0.2) is 197 Å². The second-order valence-electron chi connectivity index (χ2n) is 24.0. The summed E-state index contributed by atoms with van der Waals surface area (Å²) in [5.41, 5.74) is 5.38. The maximum Gasteiger partial charge on any atom is 0.408 e. The number of nitrogens with two attached hydrogens (primary N) is 1. The monoisotopic (exact) mass is 1290 g/mol. The summed E-state index contributed by atoms with van der Waals surface area (Å²) in [6.07, 6.45) is -5.26. The van der Waals surface area contributed by atoms with Crippen LogP contribution < -0.4 is 64.2 Å². The molecule has 0 saturated heterocycles. The van der Waals surface area contributed by atoms with Gasteiger partial charge in [0.15, 0.2) is 5.96 Å². The SMILES string of the molecule is CC[C@H](C)[C@H](NC(=O)[C@@H](CCCNC(=N)N)NC(=O)[C@H](C[Si](C)(C)C)NC(=O)[C@@H](NC(=O)[C@@H](NC(=O)OCc1ccccc1)[C@H](NC(=O)OC(C)(C)C)c1ccccc1)[C@H](O)C(C)C)C(=O)N[C@H](C(=O)NCC(=O)N[C@@H](CO)C(=O)N[C@@H](CO)C(=O)O)[C@H](C)O. The molecule has 2 aromatic rings. The molecule has 0 aliphatic carbocycles. The minimum Gasteiger partial charge on any atom is -0.480 e. The number of amides is 10.